The third-order valence-corrected chi connectivity index (χ3v) is 5.73. The minimum Gasteiger partial charge on any atom is -0.309 e. The molecular weight excluding hydrogens is 265 g/mol. The third-order valence-electron chi connectivity index (χ3n) is 3.12. The quantitative estimate of drug-likeness (QED) is 0.905. The zero-order valence-corrected chi connectivity index (χ0v) is 12.7. The van der Waals surface area contributed by atoms with Gasteiger partial charge in [0.25, 0.3) is 0 Å². The van der Waals surface area contributed by atoms with E-state index in [1.807, 2.05) is 6.92 Å². The number of halogens is 1. The van der Waals surface area contributed by atoms with Crippen LogP contribution in [0.3, 0.4) is 0 Å². The summed E-state index contributed by atoms with van der Waals surface area (Å²) in [6, 6.07) is 6.20. The van der Waals surface area contributed by atoms with Crippen molar-refractivity contribution in [2.45, 2.75) is 38.5 Å². The van der Waals surface area contributed by atoms with Crippen LogP contribution in [0.25, 0.3) is 0 Å². The summed E-state index contributed by atoms with van der Waals surface area (Å²) in [4.78, 5) is 0. The Morgan fingerprint density at radius 1 is 1.21 bits per heavy atom. The molecule has 1 atom stereocenters. The van der Waals surface area contributed by atoms with Crippen molar-refractivity contribution < 1.29 is 12.8 Å². The monoisotopic (exact) mass is 287 g/mol. The second-order valence-electron chi connectivity index (χ2n) is 5.66. The summed E-state index contributed by atoms with van der Waals surface area (Å²) in [7, 11) is -3.10. The van der Waals surface area contributed by atoms with Crippen LogP contribution in [0.15, 0.2) is 24.3 Å². The SMILES string of the molecule is CC(NCCS(=O)(=O)C(C)(C)C)c1ccc(F)cc1. The average molecular weight is 287 g/mol. The van der Waals surface area contributed by atoms with Crippen molar-refractivity contribution in [2.75, 3.05) is 12.3 Å². The molecule has 1 aromatic carbocycles. The molecule has 0 fully saturated rings. The molecule has 0 aliphatic carbocycles. The van der Waals surface area contributed by atoms with Gasteiger partial charge in [-0.2, -0.15) is 0 Å². The zero-order chi connectivity index (χ0) is 14.7. The number of nitrogens with one attached hydrogen (secondary N) is 1. The maximum atomic E-state index is 12.8. The van der Waals surface area contributed by atoms with E-state index in [4.69, 9.17) is 0 Å². The minimum atomic E-state index is -3.10. The van der Waals surface area contributed by atoms with Gasteiger partial charge in [-0.3, -0.25) is 0 Å². The molecule has 0 heterocycles. The molecule has 1 unspecified atom stereocenters. The lowest BCUT2D eigenvalue weighted by Crippen LogP contribution is -2.35. The first kappa shape index (κ1) is 16.1. The van der Waals surface area contributed by atoms with E-state index in [1.165, 1.54) is 12.1 Å². The normalized spacial score (nSPS) is 14.4. The van der Waals surface area contributed by atoms with Crippen LogP contribution < -0.4 is 5.32 Å². The summed E-state index contributed by atoms with van der Waals surface area (Å²) < 4.78 is 35.9. The van der Waals surface area contributed by atoms with Crippen LogP contribution in [0, 0.1) is 5.82 Å². The number of sulfone groups is 1. The Kier molecular flexibility index (Phi) is 5.10. The van der Waals surface area contributed by atoms with Gasteiger partial charge < -0.3 is 5.32 Å². The zero-order valence-electron chi connectivity index (χ0n) is 11.9. The van der Waals surface area contributed by atoms with Crippen molar-refractivity contribution in [3.05, 3.63) is 35.6 Å². The fourth-order valence-electron chi connectivity index (χ4n) is 1.59. The Labute approximate surface area is 115 Å². The van der Waals surface area contributed by atoms with Gasteiger partial charge in [-0.1, -0.05) is 12.1 Å². The Hall–Kier alpha value is -0.940. The fraction of sp³-hybridized carbons (Fsp3) is 0.571. The highest BCUT2D eigenvalue weighted by Crippen LogP contribution is 2.16. The molecule has 0 bridgehead atoms. The van der Waals surface area contributed by atoms with Gasteiger partial charge in [-0.15, -0.1) is 0 Å². The first-order valence-corrected chi connectivity index (χ1v) is 8.00. The molecule has 0 radical (unpaired) electrons. The smallest absolute Gasteiger partial charge is 0.156 e. The highest BCUT2D eigenvalue weighted by molar-refractivity contribution is 7.92. The molecular formula is C14H22FNO2S. The molecule has 0 aromatic heterocycles. The van der Waals surface area contributed by atoms with Crippen LogP contribution in [0.4, 0.5) is 4.39 Å². The molecule has 1 aromatic rings. The predicted octanol–water partition coefficient (Wildman–Crippen LogP) is 2.69. The Morgan fingerprint density at radius 3 is 2.21 bits per heavy atom. The molecule has 0 saturated carbocycles. The van der Waals surface area contributed by atoms with E-state index in [-0.39, 0.29) is 17.6 Å². The predicted molar refractivity (Wildman–Crippen MR) is 76.4 cm³/mol. The van der Waals surface area contributed by atoms with Gasteiger partial charge in [0.2, 0.25) is 0 Å². The average Bonchev–Trinajstić information content (AvgIpc) is 2.28. The van der Waals surface area contributed by atoms with Gasteiger partial charge in [0.1, 0.15) is 5.82 Å². The van der Waals surface area contributed by atoms with Crippen molar-refractivity contribution >= 4 is 9.84 Å². The van der Waals surface area contributed by atoms with Crippen molar-refractivity contribution in [1.29, 1.82) is 0 Å². The Balaban J connectivity index is 2.52. The maximum Gasteiger partial charge on any atom is 0.156 e. The van der Waals surface area contributed by atoms with Crippen LogP contribution >= 0.6 is 0 Å². The summed E-state index contributed by atoms with van der Waals surface area (Å²) in [5.74, 6) is -0.173. The molecule has 108 valence electrons. The van der Waals surface area contributed by atoms with E-state index in [0.29, 0.717) is 6.54 Å². The lowest BCUT2D eigenvalue weighted by atomic mass is 10.1. The summed E-state index contributed by atoms with van der Waals surface area (Å²) in [6.45, 7) is 7.41. The third kappa shape index (κ3) is 4.58. The molecule has 0 amide bonds. The first-order chi connectivity index (χ1) is 8.63. The topological polar surface area (TPSA) is 46.2 Å². The summed E-state index contributed by atoms with van der Waals surface area (Å²) in [6.07, 6.45) is 0. The molecule has 19 heavy (non-hydrogen) atoms. The van der Waals surface area contributed by atoms with Gasteiger partial charge in [0, 0.05) is 12.6 Å². The van der Waals surface area contributed by atoms with Crippen molar-refractivity contribution in [2.24, 2.45) is 0 Å². The van der Waals surface area contributed by atoms with E-state index >= 15 is 0 Å². The van der Waals surface area contributed by atoms with Crippen LogP contribution in [-0.4, -0.2) is 25.5 Å². The fourth-order valence-corrected chi connectivity index (χ4v) is 2.58. The van der Waals surface area contributed by atoms with Crippen LogP contribution in [-0.2, 0) is 9.84 Å². The number of benzene rings is 1. The molecule has 3 nitrogen and oxygen atoms in total. The highest BCUT2D eigenvalue weighted by atomic mass is 32.2. The lowest BCUT2D eigenvalue weighted by Gasteiger charge is -2.20. The Bertz CT molecular complexity index is 503. The highest BCUT2D eigenvalue weighted by Gasteiger charge is 2.28. The van der Waals surface area contributed by atoms with Crippen molar-refractivity contribution in [3.8, 4) is 0 Å². The second kappa shape index (κ2) is 6.01. The van der Waals surface area contributed by atoms with Crippen molar-refractivity contribution in [1.82, 2.24) is 5.32 Å². The first-order valence-electron chi connectivity index (χ1n) is 6.34. The van der Waals surface area contributed by atoms with Crippen LogP contribution in [0.2, 0.25) is 0 Å². The lowest BCUT2D eigenvalue weighted by molar-refractivity contribution is 0.546. The number of rotatable bonds is 5. The molecule has 1 rings (SSSR count). The minimum absolute atomic E-state index is 0.00392. The largest absolute Gasteiger partial charge is 0.309 e. The summed E-state index contributed by atoms with van der Waals surface area (Å²) in [5.41, 5.74) is 0.939. The van der Waals surface area contributed by atoms with E-state index in [2.05, 4.69) is 5.32 Å². The van der Waals surface area contributed by atoms with Gasteiger partial charge in [0.05, 0.1) is 10.5 Å². The molecule has 0 spiro atoms. The molecule has 0 aliphatic heterocycles. The van der Waals surface area contributed by atoms with E-state index in [1.54, 1.807) is 32.9 Å². The van der Waals surface area contributed by atoms with E-state index < -0.39 is 14.6 Å². The van der Waals surface area contributed by atoms with Gasteiger partial charge >= 0.3 is 0 Å². The van der Waals surface area contributed by atoms with Crippen LogP contribution in [0.1, 0.15) is 39.3 Å². The summed E-state index contributed by atoms with van der Waals surface area (Å²) in [5, 5.41) is 3.14. The van der Waals surface area contributed by atoms with E-state index in [0.717, 1.165) is 5.56 Å². The van der Waals surface area contributed by atoms with E-state index in [9.17, 15) is 12.8 Å². The number of hydrogen-bond donors (Lipinski definition) is 1. The van der Waals surface area contributed by atoms with Gasteiger partial charge in [-0.25, -0.2) is 12.8 Å². The molecule has 5 heteroatoms. The number of hydrogen-bond acceptors (Lipinski definition) is 3. The summed E-state index contributed by atoms with van der Waals surface area (Å²) >= 11 is 0. The molecule has 1 N–H and O–H groups in total. The van der Waals surface area contributed by atoms with Gasteiger partial charge in [-0.05, 0) is 45.4 Å². The molecule has 0 saturated heterocycles. The second-order valence-corrected chi connectivity index (χ2v) is 8.52. The molecule has 0 aliphatic rings. The van der Waals surface area contributed by atoms with Crippen LogP contribution in [0.5, 0.6) is 0 Å². The van der Waals surface area contributed by atoms with Gasteiger partial charge in [0.15, 0.2) is 9.84 Å². The standard InChI is InChI=1S/C14H22FNO2S/c1-11(12-5-7-13(15)8-6-12)16-9-10-19(17,18)14(2,3)4/h5-8,11,16H,9-10H2,1-4H3. The maximum absolute atomic E-state index is 12.8. The van der Waals surface area contributed by atoms with Crippen molar-refractivity contribution in [3.63, 3.8) is 0 Å². The Morgan fingerprint density at radius 2 is 1.74 bits per heavy atom.